The van der Waals surface area contributed by atoms with Crippen molar-refractivity contribution in [1.29, 1.82) is 0 Å². The second-order valence-electron chi connectivity index (χ2n) is 7.30. The standard InChI is InChI=1S/C23H18ClN3O6/c1-26-21(25)20(22(30)27(2)23(26)31)16(28)11-32-18-10-17-14(8-15(18)24)13(9-19(29)33-17)12-6-4-3-5-7-12/h3-10H,11,25H2,1-2H3. The number of ether oxygens (including phenoxy) is 1. The third kappa shape index (κ3) is 3.94. The quantitative estimate of drug-likeness (QED) is 0.352. The van der Waals surface area contributed by atoms with Crippen LogP contribution in [0.15, 0.2) is 67.3 Å². The van der Waals surface area contributed by atoms with Crippen molar-refractivity contribution in [2.45, 2.75) is 0 Å². The van der Waals surface area contributed by atoms with Crippen molar-refractivity contribution in [3.8, 4) is 16.9 Å². The number of halogens is 1. The molecular weight excluding hydrogens is 450 g/mol. The third-order valence-electron chi connectivity index (χ3n) is 5.23. The minimum Gasteiger partial charge on any atom is -0.484 e. The summed E-state index contributed by atoms with van der Waals surface area (Å²) in [6, 6.07) is 13.6. The van der Waals surface area contributed by atoms with Crippen molar-refractivity contribution in [3.05, 3.63) is 90.4 Å². The molecule has 0 saturated carbocycles. The Bertz CT molecular complexity index is 1580. The minimum atomic E-state index is -0.827. The van der Waals surface area contributed by atoms with Crippen LogP contribution in [0.1, 0.15) is 10.4 Å². The van der Waals surface area contributed by atoms with Gasteiger partial charge in [0.25, 0.3) is 5.56 Å². The predicted octanol–water partition coefficient (Wildman–Crippen LogP) is 2.35. The van der Waals surface area contributed by atoms with Gasteiger partial charge in [0.1, 0.15) is 22.7 Å². The first-order valence-electron chi connectivity index (χ1n) is 9.73. The number of fused-ring (bicyclic) bond motifs is 1. The Morgan fingerprint density at radius 1 is 1.06 bits per heavy atom. The van der Waals surface area contributed by atoms with Gasteiger partial charge in [-0.15, -0.1) is 0 Å². The van der Waals surface area contributed by atoms with Gasteiger partial charge in [0.2, 0.25) is 5.78 Å². The van der Waals surface area contributed by atoms with Crippen molar-refractivity contribution in [1.82, 2.24) is 9.13 Å². The minimum absolute atomic E-state index is 0.0751. The van der Waals surface area contributed by atoms with Crippen LogP contribution in [0.3, 0.4) is 0 Å². The van der Waals surface area contributed by atoms with Gasteiger partial charge in [0.05, 0.1) is 5.02 Å². The highest BCUT2D eigenvalue weighted by atomic mass is 35.5. The number of hydrogen-bond acceptors (Lipinski definition) is 7. The molecule has 9 nitrogen and oxygen atoms in total. The van der Waals surface area contributed by atoms with E-state index < -0.39 is 29.3 Å². The third-order valence-corrected chi connectivity index (χ3v) is 5.52. The topological polar surface area (TPSA) is 127 Å². The van der Waals surface area contributed by atoms with Crippen molar-refractivity contribution in [2.75, 3.05) is 12.3 Å². The average molecular weight is 468 g/mol. The Morgan fingerprint density at radius 2 is 1.76 bits per heavy atom. The molecule has 0 radical (unpaired) electrons. The van der Waals surface area contributed by atoms with Gasteiger partial charge in [-0.1, -0.05) is 41.9 Å². The maximum Gasteiger partial charge on any atom is 0.336 e. The number of rotatable bonds is 5. The summed E-state index contributed by atoms with van der Waals surface area (Å²) in [6.07, 6.45) is 0. The number of ketones is 1. The Morgan fingerprint density at radius 3 is 2.45 bits per heavy atom. The van der Waals surface area contributed by atoms with E-state index in [1.807, 2.05) is 30.3 Å². The molecule has 2 heterocycles. The van der Waals surface area contributed by atoms with E-state index in [2.05, 4.69) is 0 Å². The number of benzene rings is 2. The normalized spacial score (nSPS) is 11.0. The summed E-state index contributed by atoms with van der Waals surface area (Å²) < 4.78 is 12.6. The molecule has 0 aliphatic rings. The molecule has 0 spiro atoms. The summed E-state index contributed by atoms with van der Waals surface area (Å²) in [5.41, 5.74) is 5.05. The fraction of sp³-hybridized carbons (Fsp3) is 0.130. The second-order valence-corrected chi connectivity index (χ2v) is 7.71. The molecule has 4 rings (SSSR count). The van der Waals surface area contributed by atoms with E-state index in [4.69, 9.17) is 26.5 Å². The van der Waals surface area contributed by atoms with E-state index in [0.717, 1.165) is 14.7 Å². The van der Waals surface area contributed by atoms with Gasteiger partial charge in [-0.2, -0.15) is 0 Å². The van der Waals surface area contributed by atoms with E-state index in [1.165, 1.54) is 26.2 Å². The smallest absolute Gasteiger partial charge is 0.336 e. The van der Waals surface area contributed by atoms with Gasteiger partial charge in [-0.3, -0.25) is 18.7 Å². The SMILES string of the molecule is Cn1c(N)c(C(=O)COc2cc3oc(=O)cc(-c4ccccc4)c3cc2Cl)c(=O)n(C)c1=O. The highest BCUT2D eigenvalue weighted by molar-refractivity contribution is 6.33. The fourth-order valence-electron chi connectivity index (χ4n) is 3.47. The van der Waals surface area contributed by atoms with Crippen molar-refractivity contribution < 1.29 is 13.9 Å². The van der Waals surface area contributed by atoms with Crippen LogP contribution in [0.2, 0.25) is 5.02 Å². The maximum absolute atomic E-state index is 12.7. The average Bonchev–Trinajstić information content (AvgIpc) is 2.80. The molecule has 0 aliphatic carbocycles. The number of aromatic nitrogens is 2. The molecule has 0 amide bonds. The Hall–Kier alpha value is -4.11. The lowest BCUT2D eigenvalue weighted by atomic mass is 10.0. The molecule has 0 fully saturated rings. The second kappa shape index (κ2) is 8.44. The molecule has 33 heavy (non-hydrogen) atoms. The van der Waals surface area contributed by atoms with Gasteiger partial charge < -0.3 is 14.9 Å². The van der Waals surface area contributed by atoms with Crippen LogP contribution in [0.25, 0.3) is 22.1 Å². The van der Waals surface area contributed by atoms with Gasteiger partial charge >= 0.3 is 11.3 Å². The Kier molecular flexibility index (Phi) is 5.65. The van der Waals surface area contributed by atoms with E-state index in [-0.39, 0.29) is 27.7 Å². The van der Waals surface area contributed by atoms with Gasteiger partial charge in [-0.25, -0.2) is 9.59 Å². The first kappa shape index (κ1) is 22.1. The summed E-state index contributed by atoms with van der Waals surface area (Å²) in [4.78, 5) is 49.1. The zero-order valence-corrected chi connectivity index (χ0v) is 18.4. The number of hydrogen-bond donors (Lipinski definition) is 1. The summed E-state index contributed by atoms with van der Waals surface area (Å²) in [5, 5.41) is 0.753. The van der Waals surface area contributed by atoms with Crippen LogP contribution in [0, 0.1) is 0 Å². The summed E-state index contributed by atoms with van der Waals surface area (Å²) in [7, 11) is 2.59. The number of carbonyl (C=O) groups excluding carboxylic acids is 1. The molecule has 0 saturated heterocycles. The van der Waals surface area contributed by atoms with Gasteiger partial charge in [0, 0.05) is 31.6 Å². The predicted molar refractivity (Wildman–Crippen MR) is 124 cm³/mol. The first-order chi connectivity index (χ1) is 15.7. The lowest BCUT2D eigenvalue weighted by molar-refractivity contribution is 0.0919. The number of nitrogens with zero attached hydrogens (tertiary/aromatic N) is 2. The molecule has 4 aromatic rings. The number of Topliss-reactive ketones (excluding diaryl/α,β-unsaturated/α-hetero) is 1. The lowest BCUT2D eigenvalue weighted by Crippen LogP contribution is -2.42. The zero-order chi connectivity index (χ0) is 23.9. The van der Waals surface area contributed by atoms with Crippen molar-refractivity contribution in [3.63, 3.8) is 0 Å². The number of carbonyl (C=O) groups is 1. The van der Waals surface area contributed by atoms with Gasteiger partial charge in [-0.05, 0) is 17.2 Å². The number of nitrogens with two attached hydrogens (primary N) is 1. The summed E-state index contributed by atoms with van der Waals surface area (Å²) in [5.74, 6) is -0.926. The molecule has 2 aromatic carbocycles. The Labute approximate surface area is 191 Å². The van der Waals surface area contributed by atoms with E-state index in [9.17, 15) is 19.2 Å². The van der Waals surface area contributed by atoms with Crippen LogP contribution in [0.5, 0.6) is 5.75 Å². The molecule has 2 N–H and O–H groups in total. The molecule has 2 aromatic heterocycles. The number of anilines is 1. The van der Waals surface area contributed by atoms with E-state index >= 15 is 0 Å². The summed E-state index contributed by atoms with van der Waals surface area (Å²) >= 11 is 6.37. The molecular formula is C23H18ClN3O6. The molecule has 0 aliphatic heterocycles. The van der Waals surface area contributed by atoms with Crippen LogP contribution in [0.4, 0.5) is 5.82 Å². The largest absolute Gasteiger partial charge is 0.484 e. The first-order valence-corrected chi connectivity index (χ1v) is 10.1. The van der Waals surface area contributed by atoms with Crippen molar-refractivity contribution >= 4 is 34.2 Å². The molecule has 0 atom stereocenters. The zero-order valence-electron chi connectivity index (χ0n) is 17.6. The highest BCUT2D eigenvalue weighted by Gasteiger charge is 2.21. The highest BCUT2D eigenvalue weighted by Crippen LogP contribution is 2.34. The van der Waals surface area contributed by atoms with Crippen LogP contribution >= 0.6 is 11.6 Å². The van der Waals surface area contributed by atoms with Crippen LogP contribution in [-0.2, 0) is 14.1 Å². The molecule has 10 heteroatoms. The molecule has 168 valence electrons. The maximum atomic E-state index is 12.7. The Balaban J connectivity index is 1.71. The van der Waals surface area contributed by atoms with Gasteiger partial charge in [0.15, 0.2) is 6.61 Å². The fourth-order valence-corrected chi connectivity index (χ4v) is 3.69. The molecule has 0 unspecified atom stereocenters. The lowest BCUT2D eigenvalue weighted by Gasteiger charge is -2.13. The van der Waals surface area contributed by atoms with Crippen LogP contribution < -0.4 is 27.3 Å². The van der Waals surface area contributed by atoms with Crippen molar-refractivity contribution in [2.24, 2.45) is 14.1 Å². The van der Waals surface area contributed by atoms with Crippen LogP contribution in [-0.4, -0.2) is 21.5 Å². The number of nitrogen functional groups attached to an aromatic ring is 1. The summed E-state index contributed by atoms with van der Waals surface area (Å²) in [6.45, 7) is -0.578. The molecule has 0 bridgehead atoms. The van der Waals surface area contributed by atoms with E-state index in [0.29, 0.717) is 10.9 Å². The monoisotopic (exact) mass is 467 g/mol. The van der Waals surface area contributed by atoms with E-state index in [1.54, 1.807) is 6.07 Å².